The first-order valence-corrected chi connectivity index (χ1v) is 12.8. The molecular formula is C20H34N6O3S. The lowest BCUT2D eigenvalue weighted by Crippen LogP contribution is -2.48. The summed E-state index contributed by atoms with van der Waals surface area (Å²) in [4.78, 5) is 14.5. The Morgan fingerprint density at radius 3 is 2.37 bits per heavy atom. The molecule has 30 heavy (non-hydrogen) atoms. The highest BCUT2D eigenvalue weighted by atomic mass is 32.2. The molecule has 0 radical (unpaired) electrons. The molecule has 0 spiro atoms. The maximum Gasteiger partial charge on any atom is 0.318 e. The van der Waals surface area contributed by atoms with Gasteiger partial charge in [0.05, 0.1) is 11.8 Å². The molecule has 9 nitrogen and oxygen atoms in total. The number of carbonyl (C=O) groups is 1. The van der Waals surface area contributed by atoms with Gasteiger partial charge in [0.25, 0.3) is 0 Å². The molecule has 1 saturated heterocycles. The van der Waals surface area contributed by atoms with E-state index in [1.807, 2.05) is 4.90 Å². The highest BCUT2D eigenvalue weighted by Gasteiger charge is 2.34. The van der Waals surface area contributed by atoms with Gasteiger partial charge in [-0.05, 0) is 39.5 Å². The van der Waals surface area contributed by atoms with Crippen LogP contribution in [0, 0.1) is 0 Å². The molecule has 1 saturated carbocycles. The Hall–Kier alpha value is -1.68. The van der Waals surface area contributed by atoms with Crippen LogP contribution in [0.3, 0.4) is 0 Å². The molecule has 2 aliphatic heterocycles. The minimum absolute atomic E-state index is 0.00454. The molecule has 168 valence electrons. The summed E-state index contributed by atoms with van der Waals surface area (Å²) in [5.74, 6) is 1.98. The van der Waals surface area contributed by atoms with Gasteiger partial charge in [0.1, 0.15) is 5.82 Å². The number of rotatable bonds is 4. The Morgan fingerprint density at radius 2 is 1.70 bits per heavy atom. The fourth-order valence-corrected chi connectivity index (χ4v) is 6.15. The van der Waals surface area contributed by atoms with Gasteiger partial charge in [-0.2, -0.15) is 0 Å². The van der Waals surface area contributed by atoms with Crippen LogP contribution in [0.5, 0.6) is 0 Å². The monoisotopic (exact) mass is 438 g/mol. The first-order valence-electron chi connectivity index (χ1n) is 11.3. The predicted octanol–water partition coefficient (Wildman–Crippen LogP) is 2.05. The molecule has 3 aliphatic rings. The van der Waals surface area contributed by atoms with Crippen LogP contribution in [0.15, 0.2) is 0 Å². The van der Waals surface area contributed by atoms with Crippen molar-refractivity contribution in [3.8, 4) is 0 Å². The van der Waals surface area contributed by atoms with Crippen LogP contribution in [0.2, 0.25) is 0 Å². The maximum absolute atomic E-state index is 12.7. The van der Waals surface area contributed by atoms with Crippen LogP contribution in [-0.2, 0) is 23.1 Å². The standard InChI is InChI=1S/C20H34N6O3S/c1-15(2)30(28,29)25-10-8-16(9-11-25)19-23-22-18-14-24(12-13-26(18)19)20(27)21-17-6-4-3-5-7-17/h15-17H,3-14H2,1-2H3,(H,21,27). The lowest BCUT2D eigenvalue weighted by Gasteiger charge is -2.34. The molecule has 0 aromatic carbocycles. The van der Waals surface area contributed by atoms with Gasteiger partial charge in [0.15, 0.2) is 5.82 Å². The minimum atomic E-state index is -3.20. The van der Waals surface area contributed by atoms with E-state index >= 15 is 0 Å². The molecule has 0 atom stereocenters. The second-order valence-corrected chi connectivity index (χ2v) is 11.6. The number of aromatic nitrogens is 3. The highest BCUT2D eigenvalue weighted by molar-refractivity contribution is 7.89. The van der Waals surface area contributed by atoms with E-state index in [4.69, 9.17) is 0 Å². The Morgan fingerprint density at radius 1 is 1.00 bits per heavy atom. The van der Waals surface area contributed by atoms with Crippen molar-refractivity contribution >= 4 is 16.1 Å². The number of hydrogen-bond donors (Lipinski definition) is 1. The average molecular weight is 439 g/mol. The van der Waals surface area contributed by atoms with Crippen molar-refractivity contribution < 1.29 is 13.2 Å². The molecule has 1 aromatic rings. The number of nitrogens with zero attached hydrogens (tertiary/aromatic N) is 5. The van der Waals surface area contributed by atoms with E-state index in [9.17, 15) is 13.2 Å². The fourth-order valence-electron chi connectivity index (χ4n) is 4.84. The van der Waals surface area contributed by atoms with Gasteiger partial charge < -0.3 is 14.8 Å². The van der Waals surface area contributed by atoms with Crippen LogP contribution in [-0.4, -0.2) is 69.3 Å². The zero-order valence-electron chi connectivity index (χ0n) is 18.1. The van der Waals surface area contributed by atoms with Crippen LogP contribution in [0.25, 0.3) is 0 Å². The van der Waals surface area contributed by atoms with Gasteiger partial charge >= 0.3 is 6.03 Å². The summed E-state index contributed by atoms with van der Waals surface area (Å²) in [5.41, 5.74) is 0. The molecular weight excluding hydrogens is 404 g/mol. The summed E-state index contributed by atoms with van der Waals surface area (Å²) in [5, 5.41) is 11.6. The van der Waals surface area contributed by atoms with Crippen molar-refractivity contribution in [2.45, 2.75) is 89.1 Å². The van der Waals surface area contributed by atoms with Gasteiger partial charge in [-0.1, -0.05) is 19.3 Å². The van der Waals surface area contributed by atoms with E-state index in [1.165, 1.54) is 19.3 Å². The first-order chi connectivity index (χ1) is 14.4. The Bertz CT molecular complexity index is 854. The number of fused-ring (bicyclic) bond motifs is 1. The zero-order valence-corrected chi connectivity index (χ0v) is 18.9. The smallest absolute Gasteiger partial charge is 0.318 e. The summed E-state index contributed by atoms with van der Waals surface area (Å²) in [6.07, 6.45) is 7.33. The first kappa shape index (κ1) is 21.5. The van der Waals surface area contributed by atoms with Crippen molar-refractivity contribution in [2.24, 2.45) is 0 Å². The Kier molecular flexibility index (Phi) is 6.34. The molecule has 0 unspecified atom stereocenters. The number of sulfonamides is 1. The van der Waals surface area contributed by atoms with E-state index in [0.717, 1.165) is 37.3 Å². The van der Waals surface area contributed by atoms with Gasteiger partial charge in [0, 0.05) is 38.1 Å². The summed E-state index contributed by atoms with van der Waals surface area (Å²) >= 11 is 0. The summed E-state index contributed by atoms with van der Waals surface area (Å²) in [7, 11) is -3.20. The molecule has 4 rings (SSSR count). The van der Waals surface area contributed by atoms with Gasteiger partial charge in [-0.15, -0.1) is 10.2 Å². The normalized spacial score (nSPS) is 22.3. The minimum Gasteiger partial charge on any atom is -0.335 e. The van der Waals surface area contributed by atoms with Gasteiger partial charge in [0.2, 0.25) is 10.0 Å². The van der Waals surface area contributed by atoms with Crippen molar-refractivity contribution in [2.75, 3.05) is 19.6 Å². The number of piperidine rings is 1. The number of amides is 2. The van der Waals surface area contributed by atoms with Crippen molar-refractivity contribution in [3.63, 3.8) is 0 Å². The molecule has 0 bridgehead atoms. The van der Waals surface area contributed by atoms with E-state index in [2.05, 4.69) is 20.1 Å². The topological polar surface area (TPSA) is 100 Å². The molecule has 2 fully saturated rings. The molecule has 1 aromatic heterocycles. The van der Waals surface area contributed by atoms with Crippen molar-refractivity contribution in [1.29, 1.82) is 0 Å². The van der Waals surface area contributed by atoms with Gasteiger partial charge in [-0.25, -0.2) is 17.5 Å². The molecule has 2 amide bonds. The third-order valence-electron chi connectivity index (χ3n) is 6.78. The largest absolute Gasteiger partial charge is 0.335 e. The second-order valence-electron chi connectivity index (χ2n) is 9.10. The van der Waals surface area contributed by atoms with Crippen molar-refractivity contribution in [3.05, 3.63) is 11.6 Å². The third kappa shape index (κ3) is 4.34. The van der Waals surface area contributed by atoms with Crippen LogP contribution in [0.4, 0.5) is 4.79 Å². The van der Waals surface area contributed by atoms with E-state index in [1.54, 1.807) is 18.2 Å². The Balaban J connectivity index is 1.35. The lowest BCUT2D eigenvalue weighted by molar-refractivity contribution is 0.174. The summed E-state index contributed by atoms with van der Waals surface area (Å²) < 4.78 is 28.6. The molecule has 10 heteroatoms. The molecule has 3 heterocycles. The number of nitrogens with one attached hydrogen (secondary N) is 1. The molecule has 1 aliphatic carbocycles. The SMILES string of the molecule is CC(C)S(=O)(=O)N1CCC(c2nnc3n2CCN(C(=O)NC2CCCCC2)C3)CC1. The van der Waals surface area contributed by atoms with E-state index in [-0.39, 0.29) is 17.2 Å². The van der Waals surface area contributed by atoms with Crippen LogP contribution in [0.1, 0.15) is 76.4 Å². The van der Waals surface area contributed by atoms with E-state index < -0.39 is 10.0 Å². The van der Waals surface area contributed by atoms with Crippen LogP contribution < -0.4 is 5.32 Å². The lowest BCUT2D eigenvalue weighted by atomic mass is 9.96. The van der Waals surface area contributed by atoms with E-state index in [0.29, 0.717) is 38.8 Å². The fraction of sp³-hybridized carbons (Fsp3) is 0.850. The predicted molar refractivity (Wildman–Crippen MR) is 113 cm³/mol. The third-order valence-corrected chi connectivity index (χ3v) is 9.05. The zero-order chi connectivity index (χ0) is 21.3. The Labute approximate surface area is 179 Å². The van der Waals surface area contributed by atoms with Crippen molar-refractivity contribution in [1.82, 2.24) is 29.3 Å². The summed E-state index contributed by atoms with van der Waals surface area (Å²) in [6, 6.07) is 0.304. The summed E-state index contributed by atoms with van der Waals surface area (Å²) in [6.45, 7) is 6.34. The maximum atomic E-state index is 12.7. The number of hydrogen-bond acceptors (Lipinski definition) is 5. The number of carbonyl (C=O) groups excluding carboxylic acids is 1. The molecule has 1 N–H and O–H groups in total. The second kappa shape index (κ2) is 8.82. The van der Waals surface area contributed by atoms with Crippen LogP contribution >= 0.6 is 0 Å². The average Bonchev–Trinajstić information content (AvgIpc) is 3.17. The quantitative estimate of drug-likeness (QED) is 0.775. The highest BCUT2D eigenvalue weighted by Crippen LogP contribution is 2.30. The van der Waals surface area contributed by atoms with Gasteiger partial charge in [-0.3, -0.25) is 0 Å². The number of urea groups is 1.